The van der Waals surface area contributed by atoms with Crippen molar-refractivity contribution in [3.63, 3.8) is 0 Å². The number of halogens is 2. The highest BCUT2D eigenvalue weighted by atomic mass is 79.9. The van der Waals surface area contributed by atoms with E-state index in [9.17, 15) is 13.2 Å². The number of nitrogens with one attached hydrogen (secondary N) is 1. The fraction of sp³-hybridized carbons (Fsp3) is 0.308. The first-order valence-electron chi connectivity index (χ1n) is 6.83. The van der Waals surface area contributed by atoms with E-state index in [1.165, 1.54) is 24.8 Å². The van der Waals surface area contributed by atoms with Crippen molar-refractivity contribution in [3.05, 3.63) is 40.1 Å². The van der Waals surface area contributed by atoms with Gasteiger partial charge in [0, 0.05) is 30.0 Å². The van der Waals surface area contributed by atoms with Gasteiger partial charge >= 0.3 is 5.97 Å². The van der Waals surface area contributed by atoms with Crippen molar-refractivity contribution in [1.82, 2.24) is 19.3 Å². The number of carbonyl (C=O) groups is 1. The molecule has 0 amide bonds. The van der Waals surface area contributed by atoms with Crippen LogP contribution >= 0.6 is 27.5 Å². The first-order valence-corrected chi connectivity index (χ1v) is 9.48. The fourth-order valence-corrected chi connectivity index (χ4v) is 3.74. The van der Waals surface area contributed by atoms with E-state index in [1.807, 2.05) is 0 Å². The maximum atomic E-state index is 12.2. The zero-order valence-electron chi connectivity index (χ0n) is 12.6. The Morgan fingerprint density at radius 1 is 1.46 bits per heavy atom. The third kappa shape index (κ3) is 4.76. The Hall–Kier alpha value is -1.49. The molecule has 24 heavy (non-hydrogen) atoms. The molecule has 11 heteroatoms. The first-order chi connectivity index (χ1) is 11.3. The number of nitrogens with zero attached hydrogens (tertiary/aromatic N) is 3. The van der Waals surface area contributed by atoms with Gasteiger partial charge in [-0.2, -0.15) is 0 Å². The molecule has 0 saturated carbocycles. The molecule has 0 aromatic carbocycles. The summed E-state index contributed by atoms with van der Waals surface area (Å²) < 4.78 is 33.8. The van der Waals surface area contributed by atoms with Crippen LogP contribution in [0.5, 0.6) is 0 Å². The molecule has 2 rings (SSSR count). The maximum absolute atomic E-state index is 12.2. The lowest BCUT2D eigenvalue weighted by Crippen LogP contribution is -2.27. The van der Waals surface area contributed by atoms with E-state index in [1.54, 1.807) is 11.5 Å². The van der Waals surface area contributed by atoms with Crippen LogP contribution in [-0.4, -0.2) is 42.1 Å². The van der Waals surface area contributed by atoms with Gasteiger partial charge in [-0.15, -0.1) is 0 Å². The lowest BCUT2D eigenvalue weighted by molar-refractivity contribution is 0.0520. The Bertz CT molecular complexity index is 840. The van der Waals surface area contributed by atoms with Gasteiger partial charge in [0.2, 0.25) is 10.0 Å². The molecule has 0 atom stereocenters. The zero-order chi connectivity index (χ0) is 17.7. The fourth-order valence-electron chi connectivity index (χ4n) is 1.77. The van der Waals surface area contributed by atoms with Crippen molar-refractivity contribution in [1.29, 1.82) is 0 Å². The Morgan fingerprint density at radius 2 is 2.21 bits per heavy atom. The molecule has 0 saturated heterocycles. The van der Waals surface area contributed by atoms with Crippen molar-refractivity contribution >= 4 is 43.5 Å². The van der Waals surface area contributed by atoms with Gasteiger partial charge in [-0.25, -0.2) is 27.9 Å². The molecule has 130 valence electrons. The highest BCUT2D eigenvalue weighted by Gasteiger charge is 2.19. The van der Waals surface area contributed by atoms with Gasteiger partial charge in [-0.05, 0) is 28.9 Å². The Kier molecular flexibility index (Phi) is 6.33. The largest absolute Gasteiger partial charge is 0.461 e. The lowest BCUT2D eigenvalue weighted by atomic mass is 10.5. The van der Waals surface area contributed by atoms with E-state index in [-0.39, 0.29) is 35.4 Å². The van der Waals surface area contributed by atoms with Crippen molar-refractivity contribution in [2.45, 2.75) is 18.4 Å². The number of pyridine rings is 1. The quantitative estimate of drug-likeness (QED) is 0.524. The minimum Gasteiger partial charge on any atom is -0.461 e. The summed E-state index contributed by atoms with van der Waals surface area (Å²) in [7, 11) is -3.80. The summed E-state index contributed by atoms with van der Waals surface area (Å²) >= 11 is 8.98. The molecule has 0 unspecified atom stereocenters. The number of hydrogen-bond donors (Lipinski definition) is 1. The summed E-state index contributed by atoms with van der Waals surface area (Å²) in [6, 6.07) is 1.37. The zero-order valence-corrected chi connectivity index (χ0v) is 15.7. The molecule has 1 N–H and O–H groups in total. The summed E-state index contributed by atoms with van der Waals surface area (Å²) in [5, 5.41) is -0.113. The van der Waals surface area contributed by atoms with E-state index in [0.717, 1.165) is 0 Å². The standard InChI is InChI=1S/C13H14BrClN4O4S/c1-2-23-13(20)10-7-19(8-17-10)4-3-18-24(21,22)11-5-9(14)6-16-12(11)15/h5-8,18H,2-4H2,1H3. The van der Waals surface area contributed by atoms with Gasteiger partial charge in [-0.3, -0.25) is 0 Å². The number of ether oxygens (including phenoxy) is 1. The molecular formula is C13H14BrClN4O4S. The normalized spacial score (nSPS) is 11.5. The summed E-state index contributed by atoms with van der Waals surface area (Å²) in [5.41, 5.74) is 0.166. The van der Waals surface area contributed by atoms with Gasteiger partial charge < -0.3 is 9.30 Å². The number of rotatable bonds is 7. The highest BCUT2D eigenvalue weighted by Crippen LogP contribution is 2.22. The predicted molar refractivity (Wildman–Crippen MR) is 90.3 cm³/mol. The third-order valence-electron chi connectivity index (χ3n) is 2.84. The van der Waals surface area contributed by atoms with Gasteiger partial charge in [0.15, 0.2) is 5.69 Å². The molecule has 2 aromatic rings. The van der Waals surface area contributed by atoms with E-state index in [0.29, 0.717) is 4.47 Å². The second kappa shape index (κ2) is 8.06. The molecule has 0 bridgehead atoms. The van der Waals surface area contributed by atoms with E-state index in [2.05, 4.69) is 30.6 Å². The maximum Gasteiger partial charge on any atom is 0.358 e. The molecule has 2 heterocycles. The van der Waals surface area contributed by atoms with Crippen LogP contribution < -0.4 is 4.72 Å². The molecule has 0 aliphatic rings. The van der Waals surface area contributed by atoms with Gasteiger partial charge in [-0.1, -0.05) is 11.6 Å². The number of hydrogen-bond acceptors (Lipinski definition) is 6. The third-order valence-corrected chi connectivity index (χ3v) is 5.16. The molecule has 0 spiro atoms. The van der Waals surface area contributed by atoms with Crippen molar-refractivity contribution < 1.29 is 17.9 Å². The monoisotopic (exact) mass is 436 g/mol. The number of imidazole rings is 1. The second-order valence-electron chi connectivity index (χ2n) is 4.56. The minimum atomic E-state index is -3.80. The van der Waals surface area contributed by atoms with Crippen LogP contribution in [0.15, 0.2) is 34.2 Å². The predicted octanol–water partition coefficient (Wildman–Crippen LogP) is 1.85. The molecule has 0 fully saturated rings. The molecule has 0 radical (unpaired) electrons. The number of sulfonamides is 1. The number of esters is 1. The lowest BCUT2D eigenvalue weighted by Gasteiger charge is -2.08. The molecule has 0 aliphatic heterocycles. The number of carbonyl (C=O) groups excluding carboxylic acids is 1. The summed E-state index contributed by atoms with van der Waals surface area (Å²) in [6.07, 6.45) is 4.32. The Labute approximate surface area is 152 Å². The number of aromatic nitrogens is 3. The average molecular weight is 438 g/mol. The summed E-state index contributed by atoms with van der Waals surface area (Å²) in [6.45, 7) is 2.33. The van der Waals surface area contributed by atoms with Crippen LogP contribution in [0.1, 0.15) is 17.4 Å². The van der Waals surface area contributed by atoms with Crippen LogP contribution in [-0.2, 0) is 21.3 Å². The Morgan fingerprint density at radius 3 is 2.92 bits per heavy atom. The molecule has 2 aromatic heterocycles. The topological polar surface area (TPSA) is 103 Å². The minimum absolute atomic E-state index is 0.0871. The van der Waals surface area contributed by atoms with Crippen LogP contribution in [0, 0.1) is 0 Å². The molecule has 8 nitrogen and oxygen atoms in total. The van der Waals surface area contributed by atoms with Crippen molar-refractivity contribution in [2.24, 2.45) is 0 Å². The van der Waals surface area contributed by atoms with E-state index < -0.39 is 16.0 Å². The van der Waals surface area contributed by atoms with Crippen LogP contribution in [0.25, 0.3) is 0 Å². The molecule has 0 aliphatic carbocycles. The van der Waals surface area contributed by atoms with Crippen molar-refractivity contribution in [2.75, 3.05) is 13.2 Å². The van der Waals surface area contributed by atoms with Crippen LogP contribution in [0.4, 0.5) is 0 Å². The van der Waals surface area contributed by atoms with Gasteiger partial charge in [0.05, 0.1) is 12.9 Å². The molecular weight excluding hydrogens is 424 g/mol. The SMILES string of the molecule is CCOC(=O)c1cn(CCNS(=O)(=O)c2cc(Br)cnc2Cl)cn1. The van der Waals surface area contributed by atoms with Gasteiger partial charge in [0.25, 0.3) is 0 Å². The second-order valence-corrected chi connectivity index (χ2v) is 7.57. The average Bonchev–Trinajstić information content (AvgIpc) is 2.98. The Balaban J connectivity index is 1.98. The van der Waals surface area contributed by atoms with Crippen molar-refractivity contribution in [3.8, 4) is 0 Å². The van der Waals surface area contributed by atoms with E-state index in [4.69, 9.17) is 16.3 Å². The smallest absolute Gasteiger partial charge is 0.358 e. The highest BCUT2D eigenvalue weighted by molar-refractivity contribution is 9.10. The van der Waals surface area contributed by atoms with Crippen LogP contribution in [0.2, 0.25) is 5.15 Å². The first kappa shape index (κ1) is 18.8. The summed E-state index contributed by atoms with van der Waals surface area (Å²) in [5.74, 6) is -0.524. The van der Waals surface area contributed by atoms with Gasteiger partial charge in [0.1, 0.15) is 10.0 Å². The van der Waals surface area contributed by atoms with E-state index >= 15 is 0 Å². The van der Waals surface area contributed by atoms with Crippen LogP contribution in [0.3, 0.4) is 0 Å². The summed E-state index contributed by atoms with van der Waals surface area (Å²) in [4.78, 5) is 19.1.